The van der Waals surface area contributed by atoms with Gasteiger partial charge in [0.1, 0.15) is 0 Å². The molecule has 0 nitrogen and oxygen atoms in total. The molecule has 0 saturated carbocycles. The summed E-state index contributed by atoms with van der Waals surface area (Å²) >= 11 is 3.58. The average molecular weight is 864 g/mol. The molecule has 0 aliphatic heterocycles. The van der Waals surface area contributed by atoms with Crippen LogP contribution in [0.5, 0.6) is 0 Å². The van der Waals surface area contributed by atoms with Crippen LogP contribution in [0.1, 0.15) is 254 Å². The molecule has 2 atom stereocenters. The number of hydrogen-bond acceptors (Lipinski definition) is 1. The summed E-state index contributed by atoms with van der Waals surface area (Å²) in [5.41, 5.74) is 0.550. The van der Waals surface area contributed by atoms with Gasteiger partial charge in [-0.1, -0.05) is 241 Å². The molecule has 0 saturated heterocycles. The predicted molar refractivity (Wildman–Crippen MR) is 271 cm³/mol. The van der Waals surface area contributed by atoms with Crippen LogP contribution in [0.2, 0.25) is 0 Å². The van der Waals surface area contributed by atoms with Crippen LogP contribution >= 0.6 is 21.5 Å². The second kappa shape index (κ2) is 88.1. The van der Waals surface area contributed by atoms with Gasteiger partial charge in [-0.05, 0) is 77.4 Å². The number of rotatable bonds is 7. The van der Waals surface area contributed by atoms with Crippen molar-refractivity contribution in [2.24, 2.45) is 64.6 Å². The van der Waals surface area contributed by atoms with E-state index < -0.39 is 0 Å². The van der Waals surface area contributed by atoms with E-state index in [0.29, 0.717) is 5.41 Å². The Morgan fingerprint density at radius 3 is 0.630 bits per heavy atom. The van der Waals surface area contributed by atoms with Crippen molar-refractivity contribution in [1.29, 1.82) is 0 Å². The predicted octanol–water partition coefficient (Wildman–Crippen LogP) is 14.8. The van der Waals surface area contributed by atoms with E-state index >= 15 is 0 Å². The molecule has 4 heteroatoms. The van der Waals surface area contributed by atoms with Gasteiger partial charge in [0.25, 0.3) is 0 Å². The maximum absolute atomic E-state index is 4.08. The van der Waals surface area contributed by atoms with E-state index in [9.17, 15) is 0 Å². The summed E-state index contributed by atoms with van der Waals surface area (Å²) in [6.07, 6.45) is 6.67. The minimum absolute atomic E-state index is 0. The first kappa shape index (κ1) is 97.2. The minimum Gasteiger partial charge on any atom is -0.442 e. The Morgan fingerprint density at radius 1 is 0.444 bits per heavy atom. The van der Waals surface area contributed by atoms with Crippen molar-refractivity contribution in [1.82, 2.24) is 0 Å². The topological polar surface area (TPSA) is 0 Å². The van der Waals surface area contributed by atoms with Gasteiger partial charge in [-0.2, -0.15) is 0 Å². The Labute approximate surface area is 448 Å². The second-order valence-corrected chi connectivity index (χ2v) is 18.4. The summed E-state index contributed by atoms with van der Waals surface area (Å²) in [6.45, 7) is 73.4. The fourth-order valence-corrected chi connectivity index (χ4v) is 1.72. The van der Waals surface area contributed by atoms with Gasteiger partial charge in [0.2, 0.25) is 0 Å². The van der Waals surface area contributed by atoms with Gasteiger partial charge in [-0.15, -0.1) is 0 Å². The maximum Gasteiger partial charge on any atom is 1.00 e. The summed E-state index contributed by atoms with van der Waals surface area (Å²) in [7, 11) is 2.17. The number of thiocarbonyl (C=S) groups is 1. The largest absolute Gasteiger partial charge is 1.00 e. The average Bonchev–Trinajstić information content (AvgIpc) is 3.00. The molecule has 0 N–H and O–H groups in total. The fraction of sp³-hybridized carbons (Fsp3) is 0.960. The Kier molecular flexibility index (Phi) is 159. The second-order valence-electron chi connectivity index (χ2n) is 18.4. The summed E-state index contributed by atoms with van der Waals surface area (Å²) in [5, 5.41) is 0. The molecule has 0 rings (SSSR count). The van der Waals surface area contributed by atoms with Gasteiger partial charge in [-0.25, -0.2) is 0 Å². The molecule has 0 amide bonds. The quantitative estimate of drug-likeness (QED) is 0.106. The summed E-state index contributed by atoms with van der Waals surface area (Å²) < 4.78 is 0. The zero-order valence-corrected chi connectivity index (χ0v) is 54.3. The Balaban J connectivity index is -0.0000000276. The molecule has 0 bridgehead atoms. The summed E-state index contributed by atoms with van der Waals surface area (Å²) in [4.78, 5) is 0. The first-order valence-corrected chi connectivity index (χ1v) is 23.4. The van der Waals surface area contributed by atoms with Gasteiger partial charge in [0, 0.05) is 0 Å². The monoisotopic (exact) mass is 863 g/mol. The zero-order chi connectivity index (χ0) is 45.8. The van der Waals surface area contributed by atoms with Gasteiger partial charge in [0.15, 0.2) is 0 Å². The van der Waals surface area contributed by atoms with Gasteiger partial charge >= 0.3 is 103 Å². The molecular formula is C50H121K2PS. The minimum atomic E-state index is 0. The summed E-state index contributed by atoms with van der Waals surface area (Å²) in [6, 6.07) is 0. The van der Waals surface area contributed by atoms with E-state index in [-0.39, 0.29) is 103 Å². The van der Waals surface area contributed by atoms with Gasteiger partial charge in [0.05, 0.1) is 0 Å². The standard InChI is InChI=1S/C8H18.C7H16.2C6H14.C5H12.3C4H10.2C2H6.CH4P.CHS.2K/c1-5-8(4)6-7(2)3;1-5-6-7(2,3)4;2*1-5(2)6(3)4;1-4-5(2)3;3*1-4(2)3;4*1-2;;/h7-8H,5-6H2,1-4H3;5-6H2,1-4H3;2*5-6H,1-4H3;5H,4H2,1-3H3;3*4H,1-3H3;2*1-2H3;1-2H2;1H;;/q;;;;;;;;;;2*-1;2*+1. The molecule has 0 aromatic rings. The van der Waals surface area contributed by atoms with Crippen molar-refractivity contribution >= 4 is 27.3 Å². The SMILES string of the molecule is CC.CC.CC(C)C.CC(C)C.CC(C)C.CC(C)C(C)C.CC(C)C(C)C.CCC(C)C.CCC(C)CC(C)C.CCCC(C)(C)C.[CH-]=S.[CH2-]P.[K+].[K+]. The van der Waals surface area contributed by atoms with Crippen LogP contribution in [0, 0.1) is 71.3 Å². The van der Waals surface area contributed by atoms with Crippen molar-refractivity contribution in [2.75, 3.05) is 0 Å². The van der Waals surface area contributed by atoms with E-state index in [1.165, 1.54) is 32.1 Å². The van der Waals surface area contributed by atoms with Crippen molar-refractivity contribution in [2.45, 2.75) is 254 Å². The molecule has 0 fully saturated rings. The van der Waals surface area contributed by atoms with Crippen LogP contribution in [-0.4, -0.2) is 5.87 Å². The van der Waals surface area contributed by atoms with E-state index in [1.54, 1.807) is 0 Å². The molecule has 0 aliphatic carbocycles. The van der Waals surface area contributed by atoms with Crippen LogP contribution < -0.4 is 103 Å². The fourth-order valence-electron chi connectivity index (χ4n) is 1.72. The summed E-state index contributed by atoms with van der Waals surface area (Å²) in [5.74, 6) is 12.7. The molecule has 0 spiro atoms. The van der Waals surface area contributed by atoms with Gasteiger partial charge in [-0.3, -0.25) is 0 Å². The normalized spacial score (nSPS) is 9.46. The molecule has 0 heterocycles. The molecule has 2 unspecified atom stereocenters. The Hall–Kier alpha value is 3.79. The van der Waals surface area contributed by atoms with E-state index in [4.69, 9.17) is 0 Å². The third-order valence-corrected chi connectivity index (χ3v) is 6.05. The third-order valence-electron chi connectivity index (χ3n) is 6.05. The smallest absolute Gasteiger partial charge is 0.442 e. The van der Waals surface area contributed by atoms with Crippen LogP contribution in [0.3, 0.4) is 0 Å². The van der Waals surface area contributed by atoms with Crippen LogP contribution in [0.4, 0.5) is 0 Å². The Bertz CT molecular complexity index is 405. The van der Waals surface area contributed by atoms with E-state index in [1.807, 2.05) is 27.7 Å². The zero-order valence-electron chi connectivity index (χ0n) is 46.1. The van der Waals surface area contributed by atoms with Gasteiger partial charge < -0.3 is 34.0 Å². The van der Waals surface area contributed by atoms with E-state index in [2.05, 4.69) is 228 Å². The first-order valence-electron chi connectivity index (χ1n) is 22.1. The van der Waals surface area contributed by atoms with Crippen molar-refractivity contribution in [3.05, 3.63) is 6.66 Å². The maximum atomic E-state index is 4.08. The molecule has 0 aromatic carbocycles. The molecular weight excluding hydrogens is 742 g/mol. The van der Waals surface area contributed by atoms with Crippen molar-refractivity contribution in [3.63, 3.8) is 0 Å². The molecule has 54 heavy (non-hydrogen) atoms. The Morgan fingerprint density at radius 2 is 0.611 bits per heavy atom. The number of hydrogen-bond donors (Lipinski definition) is 0. The van der Waals surface area contributed by atoms with Crippen LogP contribution in [0.15, 0.2) is 0 Å². The molecule has 0 aliphatic rings. The molecule has 0 aromatic heterocycles. The van der Waals surface area contributed by atoms with Crippen molar-refractivity contribution < 1.29 is 103 Å². The van der Waals surface area contributed by atoms with E-state index in [0.717, 1.165) is 59.2 Å². The van der Waals surface area contributed by atoms with Crippen LogP contribution in [0.25, 0.3) is 0 Å². The third kappa shape index (κ3) is 296. The molecule has 0 radical (unpaired) electrons. The first-order chi connectivity index (χ1) is 23.5. The van der Waals surface area contributed by atoms with Crippen molar-refractivity contribution in [3.8, 4) is 0 Å². The molecule has 334 valence electrons. The van der Waals surface area contributed by atoms with Crippen LogP contribution in [-0.2, 0) is 0 Å².